The van der Waals surface area contributed by atoms with Gasteiger partial charge < -0.3 is 9.42 Å². The zero-order chi connectivity index (χ0) is 16.8. The second-order valence-corrected chi connectivity index (χ2v) is 5.36. The van der Waals surface area contributed by atoms with E-state index in [0.717, 1.165) is 11.1 Å². The molecule has 5 nitrogen and oxygen atoms in total. The van der Waals surface area contributed by atoms with Crippen molar-refractivity contribution < 1.29 is 4.52 Å². The highest BCUT2D eigenvalue weighted by molar-refractivity contribution is 5.77. The van der Waals surface area contributed by atoms with Crippen LogP contribution in [0.3, 0.4) is 0 Å². The molecule has 0 spiro atoms. The van der Waals surface area contributed by atoms with Crippen molar-refractivity contribution in [1.29, 1.82) is 0 Å². The molecule has 0 aliphatic carbocycles. The summed E-state index contributed by atoms with van der Waals surface area (Å²) in [6, 6.07) is 22.3. The lowest BCUT2D eigenvalue weighted by Gasteiger charge is -2.01. The number of pyridine rings is 1. The predicted molar refractivity (Wildman–Crippen MR) is 95.8 cm³/mol. The first kappa shape index (κ1) is 15.7. The van der Waals surface area contributed by atoms with E-state index < -0.39 is 0 Å². The first-order valence-electron chi connectivity index (χ1n) is 7.60. The largest absolute Gasteiger partial charge is 0.331 e. The Hall–Kier alpha value is -3.21. The highest BCUT2D eigenvalue weighted by Crippen LogP contribution is 2.17. The van der Waals surface area contributed by atoms with E-state index in [0.29, 0.717) is 11.8 Å². The maximum absolute atomic E-state index is 5.05. The molecule has 0 N–H and O–H groups in total. The van der Waals surface area contributed by atoms with Gasteiger partial charge in [-0.15, -0.1) is 0 Å². The molecule has 4 aromatic rings. The molecule has 0 fully saturated rings. The van der Waals surface area contributed by atoms with Gasteiger partial charge in [0.05, 0.1) is 5.52 Å². The van der Waals surface area contributed by atoms with Crippen molar-refractivity contribution in [3.05, 3.63) is 72.9 Å². The van der Waals surface area contributed by atoms with Crippen LogP contribution in [0.15, 0.2) is 77.4 Å². The minimum Gasteiger partial charge on any atom is -0.331 e. The molecule has 120 valence electrons. The van der Waals surface area contributed by atoms with Gasteiger partial charge in [0.1, 0.15) is 0 Å². The van der Waals surface area contributed by atoms with Gasteiger partial charge in [-0.2, -0.15) is 4.98 Å². The Morgan fingerprint density at radius 3 is 2.25 bits per heavy atom. The Labute approximate surface area is 140 Å². The van der Waals surface area contributed by atoms with Gasteiger partial charge in [0.25, 0.3) is 0 Å². The molecule has 5 heteroatoms. The van der Waals surface area contributed by atoms with Crippen molar-refractivity contribution in [1.82, 2.24) is 15.1 Å². The number of hydrogen-bond donors (Lipinski definition) is 0. The average Bonchev–Trinajstić information content (AvgIpc) is 3.14. The van der Waals surface area contributed by atoms with Crippen LogP contribution in [0.25, 0.3) is 22.3 Å². The molecule has 0 atom stereocenters. The van der Waals surface area contributed by atoms with E-state index in [4.69, 9.17) is 4.52 Å². The van der Waals surface area contributed by atoms with Gasteiger partial charge in [-0.3, -0.25) is 4.98 Å². The first-order valence-corrected chi connectivity index (χ1v) is 7.60. The van der Waals surface area contributed by atoms with Crippen molar-refractivity contribution in [2.75, 3.05) is 19.0 Å². The summed E-state index contributed by atoms with van der Waals surface area (Å²) in [7, 11) is 3.73. The topological polar surface area (TPSA) is 55.1 Å². The van der Waals surface area contributed by atoms with Crippen LogP contribution in [0, 0.1) is 0 Å². The van der Waals surface area contributed by atoms with Gasteiger partial charge in [0.15, 0.2) is 0 Å². The van der Waals surface area contributed by atoms with E-state index in [9.17, 15) is 0 Å². The Bertz CT molecular complexity index is 838. The van der Waals surface area contributed by atoms with Crippen molar-refractivity contribution in [3.63, 3.8) is 0 Å². The third-order valence-corrected chi connectivity index (χ3v) is 3.34. The molecule has 0 radical (unpaired) electrons. The van der Waals surface area contributed by atoms with Crippen LogP contribution in [0.4, 0.5) is 6.01 Å². The molecule has 0 bridgehead atoms. The number of nitrogens with zero attached hydrogens (tertiary/aromatic N) is 4. The minimum atomic E-state index is 0.517. The molecule has 0 aliphatic rings. The van der Waals surface area contributed by atoms with Crippen molar-refractivity contribution in [3.8, 4) is 11.4 Å². The molecule has 0 saturated heterocycles. The molecule has 2 aromatic heterocycles. The molecule has 24 heavy (non-hydrogen) atoms. The van der Waals surface area contributed by atoms with Gasteiger partial charge >= 0.3 is 6.01 Å². The van der Waals surface area contributed by atoms with Crippen molar-refractivity contribution in [2.45, 2.75) is 0 Å². The summed E-state index contributed by atoms with van der Waals surface area (Å²) in [4.78, 5) is 10.2. The number of hydrogen-bond acceptors (Lipinski definition) is 5. The fourth-order valence-corrected chi connectivity index (χ4v) is 2.12. The monoisotopic (exact) mass is 318 g/mol. The van der Waals surface area contributed by atoms with Crippen LogP contribution in [0.5, 0.6) is 0 Å². The Morgan fingerprint density at radius 2 is 1.54 bits per heavy atom. The van der Waals surface area contributed by atoms with E-state index >= 15 is 0 Å². The third-order valence-electron chi connectivity index (χ3n) is 3.34. The molecule has 2 heterocycles. The quantitative estimate of drug-likeness (QED) is 0.558. The second kappa shape index (κ2) is 7.37. The molecule has 0 aliphatic heterocycles. The van der Waals surface area contributed by atoms with E-state index in [1.165, 1.54) is 5.39 Å². The van der Waals surface area contributed by atoms with E-state index in [-0.39, 0.29) is 0 Å². The standard InChI is InChI=1S/C10H11N3O.C9H7N/c1-13(2)10-11-9(12-14-10)8-6-4-3-5-7-8;1-2-6-9-8(4-1)5-3-7-10-9/h3-7H,1-2H3;1-7H. The summed E-state index contributed by atoms with van der Waals surface area (Å²) in [6.07, 6.45) is 1.81. The number of anilines is 1. The summed E-state index contributed by atoms with van der Waals surface area (Å²) < 4.78 is 5.05. The number of benzene rings is 2. The highest BCUT2D eigenvalue weighted by atomic mass is 16.5. The maximum atomic E-state index is 5.05. The summed E-state index contributed by atoms with van der Waals surface area (Å²) >= 11 is 0. The molecule has 0 saturated carbocycles. The predicted octanol–water partition coefficient (Wildman–Crippen LogP) is 4.04. The molecule has 2 aromatic carbocycles. The average molecular weight is 318 g/mol. The zero-order valence-electron chi connectivity index (χ0n) is 13.6. The van der Waals surface area contributed by atoms with Gasteiger partial charge in [-0.05, 0) is 12.1 Å². The molecule has 4 rings (SSSR count). The Kier molecular flexibility index (Phi) is 4.81. The van der Waals surface area contributed by atoms with Crippen LogP contribution in [-0.2, 0) is 0 Å². The minimum absolute atomic E-state index is 0.517. The molecular formula is C19H18N4O. The third kappa shape index (κ3) is 3.76. The molecular weight excluding hydrogens is 300 g/mol. The van der Waals surface area contributed by atoms with Crippen LogP contribution in [-0.4, -0.2) is 29.2 Å². The van der Waals surface area contributed by atoms with Gasteiger partial charge in [0, 0.05) is 31.2 Å². The lowest BCUT2D eigenvalue weighted by atomic mass is 10.2. The lowest BCUT2D eigenvalue weighted by Crippen LogP contribution is -2.08. The van der Waals surface area contributed by atoms with Crippen molar-refractivity contribution >= 4 is 16.9 Å². The second-order valence-electron chi connectivity index (χ2n) is 5.36. The molecule has 0 unspecified atom stereocenters. The normalized spacial score (nSPS) is 10.1. The summed E-state index contributed by atoms with van der Waals surface area (Å²) in [5.41, 5.74) is 2.02. The van der Waals surface area contributed by atoms with Crippen LogP contribution in [0.1, 0.15) is 0 Å². The zero-order valence-corrected chi connectivity index (χ0v) is 13.6. The SMILES string of the molecule is CN(C)c1nc(-c2ccccc2)no1.c1ccc2ncccc2c1. The smallest absolute Gasteiger partial charge is 0.323 e. The maximum Gasteiger partial charge on any atom is 0.323 e. The van der Waals surface area contributed by atoms with E-state index in [1.54, 1.807) is 4.90 Å². The van der Waals surface area contributed by atoms with Gasteiger partial charge in [-0.25, -0.2) is 0 Å². The number of rotatable bonds is 2. The highest BCUT2D eigenvalue weighted by Gasteiger charge is 2.08. The Balaban J connectivity index is 0.000000149. The summed E-state index contributed by atoms with van der Waals surface area (Å²) in [6.45, 7) is 0. The number of aromatic nitrogens is 3. The first-order chi connectivity index (χ1) is 11.7. The van der Waals surface area contributed by atoms with Crippen LogP contribution in [0.2, 0.25) is 0 Å². The van der Waals surface area contributed by atoms with E-state index in [1.807, 2.05) is 74.9 Å². The van der Waals surface area contributed by atoms with Crippen LogP contribution < -0.4 is 4.90 Å². The molecule has 0 amide bonds. The Morgan fingerprint density at radius 1 is 0.833 bits per heavy atom. The van der Waals surface area contributed by atoms with E-state index in [2.05, 4.69) is 27.3 Å². The lowest BCUT2D eigenvalue weighted by molar-refractivity contribution is 0.423. The fraction of sp³-hybridized carbons (Fsp3) is 0.105. The van der Waals surface area contributed by atoms with Gasteiger partial charge in [0.2, 0.25) is 5.82 Å². The van der Waals surface area contributed by atoms with Gasteiger partial charge in [-0.1, -0.05) is 59.8 Å². The fourth-order valence-electron chi connectivity index (χ4n) is 2.12. The number of fused-ring (bicyclic) bond motifs is 1. The van der Waals surface area contributed by atoms with Crippen LogP contribution >= 0.6 is 0 Å². The van der Waals surface area contributed by atoms with Crippen molar-refractivity contribution in [2.24, 2.45) is 0 Å². The summed E-state index contributed by atoms with van der Waals surface area (Å²) in [5.74, 6) is 0.620. The number of para-hydroxylation sites is 1. The summed E-state index contributed by atoms with van der Waals surface area (Å²) in [5, 5.41) is 5.08.